The Labute approximate surface area is 229 Å². The van der Waals surface area contributed by atoms with E-state index in [1.54, 1.807) is 16.9 Å². The van der Waals surface area contributed by atoms with Crippen molar-refractivity contribution in [1.29, 1.82) is 0 Å². The highest BCUT2D eigenvalue weighted by atomic mass is 16.3. The molecule has 0 amide bonds. The van der Waals surface area contributed by atoms with E-state index < -0.39 is 0 Å². The van der Waals surface area contributed by atoms with Crippen molar-refractivity contribution in [3.05, 3.63) is 71.8 Å². The number of anilines is 1. The van der Waals surface area contributed by atoms with Crippen LogP contribution in [0.25, 0.3) is 16.9 Å². The van der Waals surface area contributed by atoms with Crippen molar-refractivity contribution >= 4 is 11.5 Å². The van der Waals surface area contributed by atoms with Crippen molar-refractivity contribution in [2.24, 2.45) is 0 Å². The summed E-state index contributed by atoms with van der Waals surface area (Å²) >= 11 is 0. The summed E-state index contributed by atoms with van der Waals surface area (Å²) in [7, 11) is 0. The minimum atomic E-state index is -0.153. The van der Waals surface area contributed by atoms with Crippen LogP contribution in [0, 0.1) is 6.92 Å². The second-order valence-electron chi connectivity index (χ2n) is 11.6. The fourth-order valence-corrected chi connectivity index (χ4v) is 4.81. The van der Waals surface area contributed by atoms with Crippen molar-refractivity contribution in [3.63, 3.8) is 0 Å². The Morgan fingerprint density at radius 2 is 1.82 bits per heavy atom. The number of hydrogen-bond acceptors (Lipinski definition) is 8. The van der Waals surface area contributed by atoms with Crippen molar-refractivity contribution < 1.29 is 9.21 Å². The third-order valence-corrected chi connectivity index (χ3v) is 7.27. The molecule has 0 saturated carbocycles. The van der Waals surface area contributed by atoms with E-state index in [9.17, 15) is 4.79 Å². The second-order valence-corrected chi connectivity index (χ2v) is 11.6. The lowest BCUT2D eigenvalue weighted by atomic mass is 9.94. The van der Waals surface area contributed by atoms with Gasteiger partial charge in [-0.05, 0) is 50.6 Å². The smallest absolute Gasteiger partial charge is 0.202 e. The van der Waals surface area contributed by atoms with Crippen LogP contribution in [0.15, 0.2) is 53.5 Å². The Kier molecular flexibility index (Phi) is 7.36. The van der Waals surface area contributed by atoms with Crippen molar-refractivity contribution in [3.8, 4) is 16.9 Å². The molecular weight excluding hydrogens is 490 g/mol. The number of aryl methyl sites for hydroxylation is 1. The van der Waals surface area contributed by atoms with Gasteiger partial charge in [0, 0.05) is 62.0 Å². The van der Waals surface area contributed by atoms with Crippen LogP contribution in [0.5, 0.6) is 0 Å². The van der Waals surface area contributed by atoms with Gasteiger partial charge in [-0.1, -0.05) is 26.0 Å². The standard InChI is InChI=1S/C30H37N7O2/c1-20(2)35-9-11-36(12-10-35)24-15-23(17-31-18-24)25-19-37(34-33-25)26-13-22(16-32-21(26)3)14-27(38)28-7-8-29(39-28)30(4,5)6/h7-8,13,15-20H,9-12,14H2,1-6H3. The van der Waals surface area contributed by atoms with Gasteiger partial charge in [0.1, 0.15) is 11.5 Å². The van der Waals surface area contributed by atoms with Crippen molar-refractivity contribution in [1.82, 2.24) is 29.9 Å². The van der Waals surface area contributed by atoms with E-state index in [0.717, 1.165) is 65.8 Å². The van der Waals surface area contributed by atoms with E-state index in [1.807, 2.05) is 37.6 Å². The molecule has 5 rings (SSSR count). The van der Waals surface area contributed by atoms with Crippen LogP contribution >= 0.6 is 0 Å². The van der Waals surface area contributed by atoms with Crippen LogP contribution in [-0.2, 0) is 11.8 Å². The minimum absolute atomic E-state index is 0.0847. The largest absolute Gasteiger partial charge is 0.457 e. The molecule has 0 spiro atoms. The summed E-state index contributed by atoms with van der Waals surface area (Å²) in [5, 5.41) is 8.80. The van der Waals surface area contributed by atoms with E-state index in [4.69, 9.17) is 4.42 Å². The third-order valence-electron chi connectivity index (χ3n) is 7.27. The SMILES string of the molecule is Cc1ncc(CC(=O)c2ccc(C(C)(C)C)o2)cc1-n1cc(-c2cncc(N3CCN(C(C)C)CC3)c2)nn1. The highest BCUT2D eigenvalue weighted by Gasteiger charge is 2.22. The van der Waals surface area contributed by atoms with E-state index >= 15 is 0 Å². The summed E-state index contributed by atoms with van der Waals surface area (Å²) in [6.07, 6.45) is 7.54. The lowest BCUT2D eigenvalue weighted by Crippen LogP contribution is -2.48. The minimum Gasteiger partial charge on any atom is -0.457 e. The van der Waals surface area contributed by atoms with Gasteiger partial charge < -0.3 is 9.32 Å². The van der Waals surface area contributed by atoms with Gasteiger partial charge in [-0.25, -0.2) is 4.68 Å². The molecule has 39 heavy (non-hydrogen) atoms. The quantitative estimate of drug-likeness (QED) is 0.314. The van der Waals surface area contributed by atoms with Crippen molar-refractivity contribution in [2.45, 2.75) is 59.4 Å². The number of ketones is 1. The predicted molar refractivity (Wildman–Crippen MR) is 151 cm³/mol. The van der Waals surface area contributed by atoms with Gasteiger partial charge >= 0.3 is 0 Å². The maximum atomic E-state index is 12.9. The lowest BCUT2D eigenvalue weighted by Gasteiger charge is -2.38. The zero-order valence-electron chi connectivity index (χ0n) is 23.7. The average Bonchev–Trinajstić information content (AvgIpc) is 3.61. The number of pyridine rings is 2. The first kappa shape index (κ1) is 26.7. The summed E-state index contributed by atoms with van der Waals surface area (Å²) < 4.78 is 7.55. The zero-order chi connectivity index (χ0) is 27.7. The number of rotatable bonds is 7. The van der Waals surface area contributed by atoms with Crippen LogP contribution < -0.4 is 4.90 Å². The Morgan fingerprint density at radius 1 is 1.05 bits per heavy atom. The molecule has 1 aliphatic heterocycles. The van der Waals surface area contributed by atoms with Crippen molar-refractivity contribution in [2.75, 3.05) is 31.1 Å². The monoisotopic (exact) mass is 527 g/mol. The zero-order valence-corrected chi connectivity index (χ0v) is 23.7. The highest BCUT2D eigenvalue weighted by Crippen LogP contribution is 2.26. The van der Waals surface area contributed by atoms with Gasteiger partial charge in [0.15, 0.2) is 5.76 Å². The first-order valence-electron chi connectivity index (χ1n) is 13.5. The number of aromatic nitrogens is 5. The molecule has 1 aliphatic rings. The summed E-state index contributed by atoms with van der Waals surface area (Å²) in [4.78, 5) is 26.8. The maximum absolute atomic E-state index is 12.9. The summed E-state index contributed by atoms with van der Waals surface area (Å²) in [5.74, 6) is 1.07. The van der Waals surface area contributed by atoms with Crippen LogP contribution in [0.1, 0.15) is 62.2 Å². The lowest BCUT2D eigenvalue weighted by molar-refractivity contribution is 0.0963. The first-order chi connectivity index (χ1) is 18.6. The fraction of sp³-hybridized carbons (Fsp3) is 0.433. The maximum Gasteiger partial charge on any atom is 0.202 e. The summed E-state index contributed by atoms with van der Waals surface area (Å²) in [6.45, 7) is 16.6. The number of carbonyl (C=O) groups excluding carboxylic acids is 1. The van der Waals surface area contributed by atoms with Gasteiger partial charge in [-0.2, -0.15) is 0 Å². The molecule has 0 unspecified atom stereocenters. The molecule has 0 radical (unpaired) electrons. The van der Waals surface area contributed by atoms with Gasteiger partial charge in [0.25, 0.3) is 0 Å². The molecule has 4 aromatic rings. The topological polar surface area (TPSA) is 93.2 Å². The number of furan rings is 1. The van der Waals surface area contributed by atoms with Gasteiger partial charge in [-0.3, -0.25) is 19.7 Å². The van der Waals surface area contributed by atoms with Gasteiger partial charge in [-0.15, -0.1) is 5.10 Å². The summed E-state index contributed by atoms with van der Waals surface area (Å²) in [6, 6.07) is 8.25. The van der Waals surface area contributed by atoms with Crippen LogP contribution in [0.2, 0.25) is 0 Å². The Hall–Kier alpha value is -3.85. The normalized spacial score (nSPS) is 14.8. The van der Waals surface area contributed by atoms with Crippen LogP contribution in [0.3, 0.4) is 0 Å². The average molecular weight is 528 g/mol. The van der Waals surface area contributed by atoms with Gasteiger partial charge in [0.2, 0.25) is 5.78 Å². The molecule has 9 heteroatoms. The van der Waals surface area contributed by atoms with E-state index in [2.05, 4.69) is 70.8 Å². The number of carbonyl (C=O) groups is 1. The first-order valence-corrected chi connectivity index (χ1v) is 13.5. The molecule has 0 bridgehead atoms. The number of nitrogens with zero attached hydrogens (tertiary/aromatic N) is 7. The molecule has 0 N–H and O–H groups in total. The Morgan fingerprint density at radius 3 is 2.51 bits per heavy atom. The second kappa shape index (κ2) is 10.7. The van der Waals surface area contributed by atoms with E-state index in [-0.39, 0.29) is 17.6 Å². The Bertz CT molecular complexity index is 1460. The Balaban J connectivity index is 1.32. The van der Waals surface area contributed by atoms with Crippen LogP contribution in [0.4, 0.5) is 5.69 Å². The fourth-order valence-electron chi connectivity index (χ4n) is 4.81. The molecule has 0 atom stereocenters. The molecule has 4 aromatic heterocycles. The van der Waals surface area contributed by atoms with Gasteiger partial charge in [0.05, 0.1) is 29.5 Å². The molecule has 9 nitrogen and oxygen atoms in total. The molecule has 1 fully saturated rings. The van der Waals surface area contributed by atoms with E-state index in [0.29, 0.717) is 11.8 Å². The molecule has 5 heterocycles. The van der Waals surface area contributed by atoms with E-state index in [1.165, 1.54) is 0 Å². The van der Waals surface area contributed by atoms with Crippen LogP contribution in [-0.4, -0.2) is 67.9 Å². The number of piperazine rings is 1. The predicted octanol–water partition coefficient (Wildman–Crippen LogP) is 4.88. The molecule has 204 valence electrons. The molecule has 0 aliphatic carbocycles. The molecule has 0 aromatic carbocycles. The number of Topliss-reactive ketones (excluding diaryl/α,β-unsaturated/α-hetero) is 1. The third kappa shape index (κ3) is 5.93. The molecular formula is C30H37N7O2. The highest BCUT2D eigenvalue weighted by molar-refractivity contribution is 5.95. The number of hydrogen-bond donors (Lipinski definition) is 0. The summed E-state index contributed by atoms with van der Waals surface area (Å²) in [5.41, 5.74) is 4.95. The molecule has 1 saturated heterocycles.